The fourth-order valence-electron chi connectivity index (χ4n) is 4.64. The molecule has 0 unspecified atom stereocenters. The molecule has 8 heteroatoms. The first kappa shape index (κ1) is 30.3. The number of benzene rings is 2. The summed E-state index contributed by atoms with van der Waals surface area (Å²) in [6.45, 7) is 5.47. The average Bonchev–Trinajstić information content (AvgIpc) is 2.84. The normalized spacial score (nSPS) is 11.2. The molecule has 2 amide bonds. The van der Waals surface area contributed by atoms with E-state index in [4.69, 9.17) is 11.5 Å². The van der Waals surface area contributed by atoms with Crippen LogP contribution in [-0.2, 0) is 15.0 Å². The number of primary amides is 2. The lowest BCUT2D eigenvalue weighted by atomic mass is 9.68. The Hall–Kier alpha value is -3.94. The molecule has 0 bridgehead atoms. The van der Waals surface area contributed by atoms with Crippen LogP contribution in [0.5, 0.6) is 0 Å². The number of amides is 2. The first-order chi connectivity index (χ1) is 17.8. The predicted molar refractivity (Wildman–Crippen MR) is 144 cm³/mol. The molecule has 0 radical (unpaired) electrons. The van der Waals surface area contributed by atoms with E-state index in [9.17, 15) is 28.8 Å². The van der Waals surface area contributed by atoms with E-state index >= 15 is 0 Å². The molecule has 38 heavy (non-hydrogen) atoms. The highest BCUT2D eigenvalue weighted by atomic mass is 16.2. The van der Waals surface area contributed by atoms with Crippen molar-refractivity contribution < 1.29 is 28.8 Å². The smallest absolute Gasteiger partial charge is 0.232 e. The van der Waals surface area contributed by atoms with E-state index in [1.807, 2.05) is 0 Å². The van der Waals surface area contributed by atoms with Gasteiger partial charge in [0, 0.05) is 28.7 Å². The second-order valence-corrected chi connectivity index (χ2v) is 9.83. The van der Waals surface area contributed by atoms with Crippen LogP contribution >= 0.6 is 0 Å². The van der Waals surface area contributed by atoms with Crippen LogP contribution in [0.15, 0.2) is 36.4 Å². The van der Waals surface area contributed by atoms with Crippen LogP contribution in [0, 0.1) is 0 Å². The number of Topliss-reactive ketones (excluding diaryl/α,β-unsaturated/α-hetero) is 4. The first-order valence-electron chi connectivity index (χ1n) is 12.7. The molecule has 0 aliphatic carbocycles. The van der Waals surface area contributed by atoms with Gasteiger partial charge in [-0.2, -0.15) is 0 Å². The van der Waals surface area contributed by atoms with Crippen LogP contribution in [0.3, 0.4) is 0 Å². The van der Waals surface area contributed by atoms with Gasteiger partial charge < -0.3 is 11.5 Å². The molecule has 202 valence electrons. The summed E-state index contributed by atoms with van der Waals surface area (Å²) in [5.41, 5.74) is 11.5. The summed E-state index contributed by atoms with van der Waals surface area (Å²) < 4.78 is 0. The Balaban J connectivity index is 2.73. The summed E-state index contributed by atoms with van der Waals surface area (Å²) >= 11 is 0. The van der Waals surface area contributed by atoms with Crippen molar-refractivity contribution in [2.45, 2.75) is 78.1 Å². The van der Waals surface area contributed by atoms with Gasteiger partial charge in [-0.1, -0.05) is 25.7 Å². The first-order valence-corrected chi connectivity index (χ1v) is 12.7. The number of ketones is 4. The van der Waals surface area contributed by atoms with E-state index in [-0.39, 0.29) is 57.7 Å². The number of carbonyl (C=O) groups excluding carboxylic acids is 6. The number of unbranched alkanes of at least 4 members (excludes halogenated alkanes) is 4. The van der Waals surface area contributed by atoms with Gasteiger partial charge in [0.05, 0.1) is 5.41 Å². The van der Waals surface area contributed by atoms with Gasteiger partial charge in [0.15, 0.2) is 23.1 Å². The van der Waals surface area contributed by atoms with Crippen molar-refractivity contribution >= 4 is 34.9 Å². The third kappa shape index (κ3) is 7.31. The van der Waals surface area contributed by atoms with Gasteiger partial charge in [0.2, 0.25) is 11.8 Å². The second kappa shape index (κ2) is 13.0. The molecular weight excluding hydrogens is 484 g/mol. The standard InChI is InChI=1S/C30H36N2O6/c1-18(33)22-12-23(19(2)34)15-26(14-22)30(29(32)38,11-9-7-5-6-8-10-28(31)37)27-16-24(20(3)35)13-25(17-27)21(4)36/h12-17H,5-11H2,1-4H3,(H2,31,37)(H2,32,38). The van der Waals surface area contributed by atoms with Crippen molar-refractivity contribution in [3.05, 3.63) is 69.8 Å². The molecule has 2 aromatic carbocycles. The topological polar surface area (TPSA) is 154 Å². The van der Waals surface area contributed by atoms with E-state index < -0.39 is 11.3 Å². The minimum atomic E-state index is -1.52. The van der Waals surface area contributed by atoms with Crippen LogP contribution in [0.2, 0.25) is 0 Å². The van der Waals surface area contributed by atoms with Gasteiger partial charge in [0.1, 0.15) is 0 Å². The summed E-state index contributed by atoms with van der Waals surface area (Å²) in [5.74, 6) is -2.23. The molecule has 0 spiro atoms. The number of carbonyl (C=O) groups is 6. The highest BCUT2D eigenvalue weighted by molar-refractivity contribution is 6.03. The van der Waals surface area contributed by atoms with Crippen molar-refractivity contribution in [3.63, 3.8) is 0 Å². The third-order valence-electron chi connectivity index (χ3n) is 6.87. The van der Waals surface area contributed by atoms with Crippen LogP contribution in [0.4, 0.5) is 0 Å². The van der Waals surface area contributed by atoms with Gasteiger partial charge >= 0.3 is 0 Å². The lowest BCUT2D eigenvalue weighted by Gasteiger charge is -2.33. The minimum Gasteiger partial charge on any atom is -0.370 e. The van der Waals surface area contributed by atoms with Crippen molar-refractivity contribution in [2.75, 3.05) is 0 Å². The fraction of sp³-hybridized carbons (Fsp3) is 0.400. The predicted octanol–water partition coefficient (Wildman–Crippen LogP) is 4.48. The summed E-state index contributed by atoms with van der Waals surface area (Å²) in [6, 6.07) is 9.18. The van der Waals surface area contributed by atoms with Crippen molar-refractivity contribution in [2.24, 2.45) is 11.5 Å². The number of hydrogen-bond donors (Lipinski definition) is 2. The highest BCUT2D eigenvalue weighted by Crippen LogP contribution is 2.40. The Morgan fingerprint density at radius 2 is 0.895 bits per heavy atom. The number of hydrogen-bond acceptors (Lipinski definition) is 6. The summed E-state index contributed by atoms with van der Waals surface area (Å²) in [7, 11) is 0. The van der Waals surface area contributed by atoms with Crippen LogP contribution < -0.4 is 11.5 Å². The van der Waals surface area contributed by atoms with Gasteiger partial charge in [0.25, 0.3) is 0 Å². The van der Waals surface area contributed by atoms with E-state index in [0.29, 0.717) is 36.8 Å². The second-order valence-electron chi connectivity index (χ2n) is 9.83. The molecule has 2 rings (SSSR count). The molecule has 4 N–H and O–H groups in total. The summed E-state index contributed by atoms with van der Waals surface area (Å²) in [6.07, 6.45) is 4.03. The van der Waals surface area contributed by atoms with Gasteiger partial charge in [-0.25, -0.2) is 0 Å². The number of rotatable bonds is 15. The van der Waals surface area contributed by atoms with Gasteiger partial charge in [-0.05, 0) is 88.1 Å². The van der Waals surface area contributed by atoms with Crippen molar-refractivity contribution in [1.29, 1.82) is 0 Å². The molecule has 2 aromatic rings. The SMILES string of the molecule is CC(=O)c1cc(C(C)=O)cc(C(CCCCCCCC(N)=O)(C(N)=O)c2cc(C(C)=O)cc(C(C)=O)c2)c1. The maximum atomic E-state index is 13.4. The lowest BCUT2D eigenvalue weighted by Crippen LogP contribution is -2.43. The molecule has 0 aliphatic heterocycles. The largest absolute Gasteiger partial charge is 0.370 e. The van der Waals surface area contributed by atoms with E-state index in [1.54, 1.807) is 24.3 Å². The van der Waals surface area contributed by atoms with Crippen LogP contribution in [-0.4, -0.2) is 34.9 Å². The summed E-state index contributed by atoms with van der Waals surface area (Å²) in [5, 5.41) is 0. The maximum absolute atomic E-state index is 13.4. The van der Waals surface area contributed by atoms with Gasteiger partial charge in [-0.15, -0.1) is 0 Å². The summed E-state index contributed by atoms with van der Waals surface area (Å²) in [4.78, 5) is 73.8. The average molecular weight is 521 g/mol. The molecule has 0 fully saturated rings. The van der Waals surface area contributed by atoms with Crippen molar-refractivity contribution in [3.8, 4) is 0 Å². The monoisotopic (exact) mass is 520 g/mol. The Morgan fingerprint density at radius 1 is 0.553 bits per heavy atom. The zero-order chi connectivity index (χ0) is 28.6. The zero-order valence-corrected chi connectivity index (χ0v) is 22.5. The number of nitrogens with two attached hydrogens (primary N) is 2. The van der Waals surface area contributed by atoms with Crippen LogP contribution in [0.25, 0.3) is 0 Å². The minimum absolute atomic E-state index is 0.218. The van der Waals surface area contributed by atoms with E-state index in [0.717, 1.165) is 12.8 Å². The molecule has 0 atom stereocenters. The molecule has 0 saturated carbocycles. The Labute approximate surface area is 223 Å². The Bertz CT molecular complexity index is 1140. The van der Waals surface area contributed by atoms with Gasteiger partial charge in [-0.3, -0.25) is 28.8 Å². The molecule has 0 saturated heterocycles. The maximum Gasteiger partial charge on any atom is 0.232 e. The quantitative estimate of drug-likeness (QED) is 0.260. The fourth-order valence-corrected chi connectivity index (χ4v) is 4.64. The van der Waals surface area contributed by atoms with Crippen LogP contribution in [0.1, 0.15) is 125 Å². The third-order valence-corrected chi connectivity index (χ3v) is 6.87. The van der Waals surface area contributed by atoms with Crippen molar-refractivity contribution in [1.82, 2.24) is 0 Å². The molecule has 8 nitrogen and oxygen atoms in total. The van der Waals surface area contributed by atoms with E-state index in [1.165, 1.54) is 39.8 Å². The highest BCUT2D eigenvalue weighted by Gasteiger charge is 2.41. The Kier molecular flexibility index (Phi) is 10.4. The Morgan fingerprint density at radius 3 is 1.21 bits per heavy atom. The van der Waals surface area contributed by atoms with E-state index in [2.05, 4.69) is 0 Å². The zero-order valence-electron chi connectivity index (χ0n) is 22.5. The molecule has 0 aromatic heterocycles. The molecule has 0 heterocycles. The molecular formula is C30H36N2O6. The lowest BCUT2D eigenvalue weighted by molar-refractivity contribution is -0.122. The molecule has 0 aliphatic rings.